The predicted octanol–water partition coefficient (Wildman–Crippen LogP) is -1.77. The van der Waals surface area contributed by atoms with Crippen molar-refractivity contribution < 1.29 is 84.6 Å². The first-order valence-corrected chi connectivity index (χ1v) is 18.9. The summed E-state index contributed by atoms with van der Waals surface area (Å²) in [6.07, 6.45) is -19.6. The lowest BCUT2D eigenvalue weighted by Crippen LogP contribution is -2.65. The van der Waals surface area contributed by atoms with E-state index >= 15 is 0 Å². The Morgan fingerprint density at radius 1 is 0.727 bits per heavy atom. The second-order valence-electron chi connectivity index (χ2n) is 15.1. The van der Waals surface area contributed by atoms with Gasteiger partial charge in [-0.3, -0.25) is 0 Å². The van der Waals surface area contributed by atoms with Crippen LogP contribution in [0.5, 0.6) is 11.5 Å². The molecule has 3 aliphatic heterocycles. The van der Waals surface area contributed by atoms with E-state index in [1.165, 1.54) is 0 Å². The number of aryl methyl sites for hydroxylation is 1. The fourth-order valence-electron chi connectivity index (χ4n) is 7.79. The van der Waals surface area contributed by atoms with Gasteiger partial charge in [0.05, 0.1) is 19.3 Å². The van der Waals surface area contributed by atoms with Crippen molar-refractivity contribution in [1.82, 2.24) is 0 Å². The van der Waals surface area contributed by atoms with E-state index in [-0.39, 0.29) is 23.8 Å². The number of aliphatic hydroxyl groups is 11. The summed E-state index contributed by atoms with van der Waals surface area (Å²) in [5, 5.41) is 116. The molecule has 3 fully saturated rings. The van der Waals surface area contributed by atoms with Gasteiger partial charge in [-0.15, -0.1) is 0 Å². The fourth-order valence-corrected chi connectivity index (χ4v) is 7.79. The van der Waals surface area contributed by atoms with Crippen LogP contribution in [0, 0.1) is 5.92 Å². The SMILES string of the molecule is C=C(C)[C@@H]1CCC(C)=C[C@H]1c1c(O[C@@H]2O[C@H](CO)[C@@H](O)[C@H](O)[C@H]2O)cc(CCC)cc1O[C@@H]1O[C@H](CO)[C@@H](O)[C@H](O[C@@H]2O[C@H](CCO)[C@@H](O)[C@H](O)[C@H]2O)[C@H]1O. The Hall–Kier alpha value is -2.30. The largest absolute Gasteiger partial charge is 0.462 e. The van der Waals surface area contributed by atoms with E-state index in [2.05, 4.69) is 6.58 Å². The van der Waals surface area contributed by atoms with Crippen molar-refractivity contribution in [2.45, 2.75) is 151 Å². The molecule has 17 nitrogen and oxygen atoms in total. The van der Waals surface area contributed by atoms with Crippen molar-refractivity contribution in [1.29, 1.82) is 0 Å². The van der Waals surface area contributed by atoms with Gasteiger partial charge in [-0.2, -0.15) is 0 Å². The third kappa shape index (κ3) is 9.38. The molecule has 1 aromatic rings. The molecule has 0 bridgehead atoms. The summed E-state index contributed by atoms with van der Waals surface area (Å²) in [6.45, 7) is 8.18. The smallest absolute Gasteiger partial charge is 0.229 e. The van der Waals surface area contributed by atoms with Gasteiger partial charge in [0.15, 0.2) is 6.29 Å². The second-order valence-corrected chi connectivity index (χ2v) is 15.1. The van der Waals surface area contributed by atoms with Crippen LogP contribution in [0.15, 0.2) is 35.9 Å². The average Bonchev–Trinajstić information content (AvgIpc) is 3.15. The van der Waals surface area contributed by atoms with E-state index in [0.717, 1.165) is 17.6 Å². The molecular weight excluding hydrogens is 728 g/mol. The van der Waals surface area contributed by atoms with Crippen LogP contribution < -0.4 is 9.47 Å². The van der Waals surface area contributed by atoms with Crippen molar-refractivity contribution in [2.24, 2.45) is 5.92 Å². The van der Waals surface area contributed by atoms with E-state index in [9.17, 15) is 56.2 Å². The number of hydrogen-bond donors (Lipinski definition) is 11. The molecule has 312 valence electrons. The van der Waals surface area contributed by atoms with Crippen LogP contribution >= 0.6 is 0 Å². The maximum Gasteiger partial charge on any atom is 0.229 e. The Kier molecular flexibility index (Phi) is 15.1. The van der Waals surface area contributed by atoms with Crippen molar-refractivity contribution >= 4 is 0 Å². The Labute approximate surface area is 319 Å². The summed E-state index contributed by atoms with van der Waals surface area (Å²) in [5.41, 5.74) is 2.99. The van der Waals surface area contributed by atoms with Crippen LogP contribution in [-0.2, 0) is 25.4 Å². The Morgan fingerprint density at radius 2 is 1.25 bits per heavy atom. The lowest BCUT2D eigenvalue weighted by atomic mass is 9.73. The lowest BCUT2D eigenvalue weighted by Gasteiger charge is -2.46. The first-order valence-electron chi connectivity index (χ1n) is 18.9. The van der Waals surface area contributed by atoms with Crippen molar-refractivity contribution in [3.63, 3.8) is 0 Å². The summed E-state index contributed by atoms with van der Waals surface area (Å²) >= 11 is 0. The third-order valence-electron chi connectivity index (χ3n) is 10.9. The first-order chi connectivity index (χ1) is 26.1. The minimum atomic E-state index is -1.83. The molecule has 4 aliphatic rings. The van der Waals surface area contributed by atoms with Gasteiger partial charge in [0.1, 0.15) is 78.6 Å². The minimum Gasteiger partial charge on any atom is -0.462 e. The van der Waals surface area contributed by atoms with Crippen LogP contribution in [0.25, 0.3) is 0 Å². The van der Waals surface area contributed by atoms with Crippen molar-refractivity contribution in [3.8, 4) is 11.5 Å². The fraction of sp³-hybridized carbons (Fsp3) is 0.737. The number of allylic oxidation sites excluding steroid dienone is 3. The maximum absolute atomic E-state index is 11.7. The van der Waals surface area contributed by atoms with Crippen LogP contribution in [0.1, 0.15) is 63.5 Å². The zero-order valence-electron chi connectivity index (χ0n) is 31.3. The van der Waals surface area contributed by atoms with Gasteiger partial charge in [0.2, 0.25) is 12.6 Å². The molecule has 17 heteroatoms. The molecule has 17 atom stereocenters. The van der Waals surface area contributed by atoms with Crippen LogP contribution in [0.2, 0.25) is 0 Å². The van der Waals surface area contributed by atoms with Crippen LogP contribution in [0.4, 0.5) is 0 Å². The van der Waals surface area contributed by atoms with E-state index in [4.69, 9.17) is 28.4 Å². The van der Waals surface area contributed by atoms with Crippen molar-refractivity contribution in [3.05, 3.63) is 47.1 Å². The normalized spacial score (nSPS) is 41.1. The van der Waals surface area contributed by atoms with Gasteiger partial charge < -0.3 is 84.6 Å². The molecule has 0 unspecified atom stereocenters. The summed E-state index contributed by atoms with van der Waals surface area (Å²) in [7, 11) is 0. The monoisotopic (exact) mass is 786 g/mol. The quantitative estimate of drug-likeness (QED) is 0.0931. The predicted molar refractivity (Wildman–Crippen MR) is 191 cm³/mol. The number of rotatable bonds is 14. The van der Waals surface area contributed by atoms with Gasteiger partial charge in [0.25, 0.3) is 0 Å². The van der Waals surface area contributed by atoms with Gasteiger partial charge in [-0.05, 0) is 63.1 Å². The van der Waals surface area contributed by atoms with Crippen LogP contribution in [-0.4, -0.2) is 168 Å². The highest BCUT2D eigenvalue weighted by molar-refractivity contribution is 5.53. The lowest BCUT2D eigenvalue weighted by molar-refractivity contribution is -0.351. The highest BCUT2D eigenvalue weighted by Crippen LogP contribution is 2.49. The molecule has 0 aromatic heterocycles. The molecule has 3 saturated heterocycles. The Balaban J connectivity index is 1.57. The molecule has 1 aromatic carbocycles. The van der Waals surface area contributed by atoms with E-state index in [1.807, 2.05) is 26.8 Å². The molecule has 0 amide bonds. The third-order valence-corrected chi connectivity index (χ3v) is 10.9. The number of hydrogen-bond acceptors (Lipinski definition) is 17. The minimum absolute atomic E-state index is 0.126. The molecule has 5 rings (SSSR count). The van der Waals surface area contributed by atoms with Gasteiger partial charge >= 0.3 is 0 Å². The van der Waals surface area contributed by atoms with Crippen LogP contribution in [0.3, 0.4) is 0 Å². The number of ether oxygens (including phenoxy) is 6. The highest BCUT2D eigenvalue weighted by Gasteiger charge is 2.52. The van der Waals surface area contributed by atoms with E-state index < -0.39 is 118 Å². The summed E-state index contributed by atoms with van der Waals surface area (Å²) in [6, 6.07) is 3.46. The molecule has 55 heavy (non-hydrogen) atoms. The second kappa shape index (κ2) is 19.0. The van der Waals surface area contributed by atoms with E-state index in [1.54, 1.807) is 12.1 Å². The standard InChI is InChI=1S/C38H58O17/c1-5-6-18-12-22(51-36-32(47)31(46)28(43)24(14-40)53-36)26(20-11-17(4)7-8-19(20)16(2)3)23(13-18)52-38-34(49)35(29(44)25(15-41)54-38)55-37-33(48)30(45)27(42)21(50-37)9-10-39/h11-13,19-21,24-25,27-49H,2,5-10,14-15H2,1,3-4H3/t19-,20+,21+,24+,25+,27+,28+,29+,30-,31-,32+,33+,34+,35-,36+,37-,38+/m0/s1. The van der Waals surface area contributed by atoms with Crippen molar-refractivity contribution in [2.75, 3.05) is 19.8 Å². The molecule has 3 heterocycles. The number of benzene rings is 1. The molecule has 0 saturated carbocycles. The molecule has 1 aliphatic carbocycles. The Bertz CT molecular complexity index is 1460. The molecular formula is C38H58O17. The number of aliphatic hydroxyl groups excluding tert-OH is 11. The summed E-state index contributed by atoms with van der Waals surface area (Å²) in [4.78, 5) is 0. The van der Waals surface area contributed by atoms with Gasteiger partial charge in [-0.1, -0.05) is 37.1 Å². The topological polar surface area (TPSA) is 278 Å². The first kappa shape index (κ1) is 43.8. The summed E-state index contributed by atoms with van der Waals surface area (Å²) in [5.74, 6) is -0.324. The van der Waals surface area contributed by atoms with Gasteiger partial charge in [-0.25, -0.2) is 0 Å². The van der Waals surface area contributed by atoms with Gasteiger partial charge in [0, 0.05) is 18.1 Å². The Morgan fingerprint density at radius 3 is 1.80 bits per heavy atom. The zero-order chi connectivity index (χ0) is 40.3. The molecule has 0 radical (unpaired) electrons. The zero-order valence-corrected chi connectivity index (χ0v) is 31.3. The highest BCUT2D eigenvalue weighted by atomic mass is 16.7. The summed E-state index contributed by atoms with van der Waals surface area (Å²) < 4.78 is 36.0. The molecule has 11 N–H and O–H groups in total. The average molecular weight is 787 g/mol. The maximum atomic E-state index is 11.7. The molecule has 0 spiro atoms. The van der Waals surface area contributed by atoms with E-state index in [0.29, 0.717) is 30.4 Å².